The van der Waals surface area contributed by atoms with Gasteiger partial charge in [0.2, 0.25) is 0 Å². The number of aryl methyl sites for hydroxylation is 1. The van der Waals surface area contributed by atoms with Gasteiger partial charge in [-0.2, -0.15) is 18.3 Å². The summed E-state index contributed by atoms with van der Waals surface area (Å²) in [6.07, 6.45) is -2.02. The maximum Gasteiger partial charge on any atom is 0.419 e. The van der Waals surface area contributed by atoms with Crippen LogP contribution in [0.2, 0.25) is 0 Å². The lowest BCUT2D eigenvalue weighted by Gasteiger charge is -2.08. The van der Waals surface area contributed by atoms with Crippen molar-refractivity contribution in [3.8, 4) is 5.75 Å². The van der Waals surface area contributed by atoms with Crippen LogP contribution < -0.4 is 10.5 Å². The monoisotopic (exact) mass is 285 g/mol. The number of nitrogen functional groups attached to an aromatic ring is 1. The van der Waals surface area contributed by atoms with Gasteiger partial charge in [-0.25, -0.2) is 0 Å². The van der Waals surface area contributed by atoms with Crippen molar-refractivity contribution in [1.29, 1.82) is 0 Å². The number of halogens is 3. The summed E-state index contributed by atoms with van der Waals surface area (Å²) in [5.74, 6) is 0.573. The Morgan fingerprint density at radius 3 is 2.65 bits per heavy atom. The zero-order valence-corrected chi connectivity index (χ0v) is 10.6. The molecule has 108 valence electrons. The maximum atomic E-state index is 12.4. The van der Waals surface area contributed by atoms with Gasteiger partial charge in [0.25, 0.3) is 0 Å². The van der Waals surface area contributed by atoms with E-state index >= 15 is 0 Å². The molecule has 0 spiro atoms. The van der Waals surface area contributed by atoms with Crippen molar-refractivity contribution in [2.75, 3.05) is 12.3 Å². The predicted octanol–water partition coefficient (Wildman–Crippen LogP) is 2.95. The van der Waals surface area contributed by atoms with Gasteiger partial charge in [0.15, 0.2) is 0 Å². The Bertz CT molecular complexity index is 566. The molecule has 2 aromatic rings. The molecule has 0 amide bonds. The molecule has 0 saturated carbocycles. The fraction of sp³-hybridized carbons (Fsp3) is 0.308. The lowest BCUT2D eigenvalue weighted by molar-refractivity contribution is -0.137. The third kappa shape index (κ3) is 3.66. The van der Waals surface area contributed by atoms with E-state index in [1.807, 2.05) is 0 Å². The number of ether oxygens (including phenoxy) is 1. The minimum Gasteiger partial charge on any atom is -0.491 e. The number of nitrogens with two attached hydrogens (primary N) is 1. The molecule has 2 rings (SSSR count). The second kappa shape index (κ2) is 5.85. The highest BCUT2D eigenvalue weighted by atomic mass is 19.4. The molecular weight excluding hydrogens is 271 g/mol. The van der Waals surface area contributed by atoms with Gasteiger partial charge in [0, 0.05) is 19.2 Å². The zero-order valence-electron chi connectivity index (χ0n) is 10.6. The minimum atomic E-state index is -4.35. The average Bonchev–Trinajstić information content (AvgIpc) is 2.85. The summed E-state index contributed by atoms with van der Waals surface area (Å²) in [4.78, 5) is 0. The molecule has 0 aliphatic rings. The molecule has 0 radical (unpaired) electrons. The standard InChI is InChI=1S/C13H14F3N3O/c14-13(15,16)10-8-18-19(9-10)6-3-7-20-12-5-2-1-4-11(12)17/h1-2,4-5,8-9H,3,6-7,17H2. The number of aromatic nitrogens is 2. The first-order valence-corrected chi connectivity index (χ1v) is 6.04. The van der Waals surface area contributed by atoms with Crippen molar-refractivity contribution >= 4 is 5.69 Å². The summed E-state index contributed by atoms with van der Waals surface area (Å²) in [5.41, 5.74) is 5.49. The van der Waals surface area contributed by atoms with Crippen LogP contribution >= 0.6 is 0 Å². The van der Waals surface area contributed by atoms with E-state index in [1.54, 1.807) is 24.3 Å². The number of para-hydroxylation sites is 2. The number of nitrogens with zero attached hydrogens (tertiary/aromatic N) is 2. The molecule has 2 N–H and O–H groups in total. The van der Waals surface area contributed by atoms with Gasteiger partial charge in [-0.1, -0.05) is 12.1 Å². The molecule has 0 unspecified atom stereocenters. The Labute approximate surface area is 114 Å². The number of anilines is 1. The second-order valence-electron chi connectivity index (χ2n) is 4.23. The van der Waals surface area contributed by atoms with Gasteiger partial charge in [0.05, 0.1) is 24.1 Å². The topological polar surface area (TPSA) is 53.1 Å². The molecule has 20 heavy (non-hydrogen) atoms. The molecule has 0 aliphatic heterocycles. The molecule has 1 aromatic heterocycles. The summed E-state index contributed by atoms with van der Waals surface area (Å²) in [6, 6.07) is 7.06. The Hall–Kier alpha value is -2.18. The van der Waals surface area contributed by atoms with Crippen LogP contribution in [0.3, 0.4) is 0 Å². The predicted molar refractivity (Wildman–Crippen MR) is 68.2 cm³/mol. The maximum absolute atomic E-state index is 12.4. The van der Waals surface area contributed by atoms with Crippen LogP contribution in [0.25, 0.3) is 0 Å². The van der Waals surface area contributed by atoms with Crippen LogP contribution in [0.1, 0.15) is 12.0 Å². The lowest BCUT2D eigenvalue weighted by Crippen LogP contribution is -2.06. The number of hydrogen-bond donors (Lipinski definition) is 1. The molecule has 7 heteroatoms. The van der Waals surface area contributed by atoms with Gasteiger partial charge >= 0.3 is 6.18 Å². The van der Waals surface area contributed by atoms with Gasteiger partial charge < -0.3 is 10.5 Å². The van der Waals surface area contributed by atoms with Crippen molar-refractivity contribution in [2.24, 2.45) is 0 Å². The van der Waals surface area contributed by atoms with E-state index in [1.165, 1.54) is 4.68 Å². The molecule has 0 saturated heterocycles. The first kappa shape index (κ1) is 14.2. The molecule has 1 aromatic carbocycles. The van der Waals surface area contributed by atoms with Crippen molar-refractivity contribution < 1.29 is 17.9 Å². The fourth-order valence-electron chi connectivity index (χ4n) is 1.65. The quantitative estimate of drug-likeness (QED) is 0.678. The molecule has 1 heterocycles. The summed E-state index contributed by atoms with van der Waals surface area (Å²) in [7, 11) is 0. The largest absolute Gasteiger partial charge is 0.491 e. The smallest absolute Gasteiger partial charge is 0.419 e. The highest BCUT2D eigenvalue weighted by Gasteiger charge is 2.32. The van der Waals surface area contributed by atoms with E-state index in [4.69, 9.17) is 10.5 Å². The van der Waals surface area contributed by atoms with E-state index in [0.29, 0.717) is 31.0 Å². The third-order valence-electron chi connectivity index (χ3n) is 2.67. The van der Waals surface area contributed by atoms with Gasteiger partial charge in [0.1, 0.15) is 5.75 Å². The van der Waals surface area contributed by atoms with Crippen molar-refractivity contribution in [1.82, 2.24) is 9.78 Å². The Balaban J connectivity index is 1.79. The summed E-state index contributed by atoms with van der Waals surface area (Å²) < 4.78 is 43.8. The summed E-state index contributed by atoms with van der Waals surface area (Å²) >= 11 is 0. The molecule has 0 fully saturated rings. The normalized spacial score (nSPS) is 11.6. The number of hydrogen-bond acceptors (Lipinski definition) is 3. The van der Waals surface area contributed by atoms with Crippen molar-refractivity contribution in [2.45, 2.75) is 19.1 Å². The van der Waals surface area contributed by atoms with E-state index in [-0.39, 0.29) is 0 Å². The van der Waals surface area contributed by atoms with Crippen LogP contribution in [0.4, 0.5) is 18.9 Å². The van der Waals surface area contributed by atoms with Crippen LogP contribution in [0.5, 0.6) is 5.75 Å². The van der Waals surface area contributed by atoms with Gasteiger partial charge in [-0.3, -0.25) is 4.68 Å². The van der Waals surface area contributed by atoms with E-state index < -0.39 is 11.7 Å². The first-order chi connectivity index (χ1) is 9.47. The summed E-state index contributed by atoms with van der Waals surface area (Å²) in [6.45, 7) is 0.707. The fourth-order valence-corrected chi connectivity index (χ4v) is 1.65. The molecule has 4 nitrogen and oxygen atoms in total. The van der Waals surface area contributed by atoms with Crippen LogP contribution in [0.15, 0.2) is 36.7 Å². The minimum absolute atomic E-state index is 0.350. The van der Waals surface area contributed by atoms with Crippen LogP contribution in [-0.4, -0.2) is 16.4 Å². The number of benzene rings is 1. The second-order valence-corrected chi connectivity index (χ2v) is 4.23. The van der Waals surface area contributed by atoms with E-state index in [2.05, 4.69) is 5.10 Å². The number of rotatable bonds is 5. The van der Waals surface area contributed by atoms with E-state index in [9.17, 15) is 13.2 Å². The lowest BCUT2D eigenvalue weighted by atomic mass is 10.3. The Kier molecular flexibility index (Phi) is 4.16. The van der Waals surface area contributed by atoms with Crippen LogP contribution in [0, 0.1) is 0 Å². The molecular formula is C13H14F3N3O. The van der Waals surface area contributed by atoms with Gasteiger partial charge in [-0.05, 0) is 12.1 Å². The van der Waals surface area contributed by atoms with Crippen molar-refractivity contribution in [3.05, 3.63) is 42.2 Å². The highest BCUT2D eigenvalue weighted by Crippen LogP contribution is 2.28. The SMILES string of the molecule is Nc1ccccc1OCCCn1cc(C(F)(F)F)cn1. The average molecular weight is 285 g/mol. The van der Waals surface area contributed by atoms with Gasteiger partial charge in [-0.15, -0.1) is 0 Å². The summed E-state index contributed by atoms with van der Waals surface area (Å²) in [5, 5.41) is 3.66. The molecule has 0 bridgehead atoms. The van der Waals surface area contributed by atoms with E-state index in [0.717, 1.165) is 12.4 Å². The van der Waals surface area contributed by atoms with Crippen molar-refractivity contribution in [3.63, 3.8) is 0 Å². The van der Waals surface area contributed by atoms with Crippen LogP contribution in [-0.2, 0) is 12.7 Å². The Morgan fingerprint density at radius 1 is 1.25 bits per heavy atom. The zero-order chi connectivity index (χ0) is 14.6. The third-order valence-corrected chi connectivity index (χ3v) is 2.67. The Morgan fingerprint density at radius 2 is 2.00 bits per heavy atom. The molecule has 0 aliphatic carbocycles. The first-order valence-electron chi connectivity index (χ1n) is 6.04. The highest BCUT2D eigenvalue weighted by molar-refractivity contribution is 5.51. The number of alkyl halides is 3. The molecule has 0 atom stereocenters.